The maximum atomic E-state index is 14.5. The molecule has 180 valence electrons. The molecule has 10 heteroatoms. The summed E-state index contributed by atoms with van der Waals surface area (Å²) in [5.74, 6) is -3.81. The summed E-state index contributed by atoms with van der Waals surface area (Å²) >= 11 is 0. The highest BCUT2D eigenvalue weighted by Crippen LogP contribution is 2.41. The van der Waals surface area contributed by atoms with Gasteiger partial charge in [0.2, 0.25) is 0 Å². The van der Waals surface area contributed by atoms with E-state index >= 15 is 0 Å². The Morgan fingerprint density at radius 3 is 2.45 bits per heavy atom. The summed E-state index contributed by atoms with van der Waals surface area (Å²) in [6.45, 7) is 0.588. The Kier molecular flexibility index (Phi) is 7.83. The molecule has 0 amide bonds. The van der Waals surface area contributed by atoms with Crippen LogP contribution in [0.3, 0.4) is 0 Å². The van der Waals surface area contributed by atoms with Crippen LogP contribution in [-0.4, -0.2) is 60.9 Å². The predicted molar refractivity (Wildman–Crippen MR) is 110 cm³/mol. The molecule has 1 heterocycles. The maximum Gasteiger partial charge on any atom is 0.508 e. The molecule has 4 unspecified atom stereocenters. The second-order valence-electron chi connectivity index (χ2n) is 7.53. The molecule has 2 aromatic carbocycles. The van der Waals surface area contributed by atoms with Gasteiger partial charge in [0.1, 0.15) is 36.5 Å². The lowest BCUT2D eigenvalue weighted by molar-refractivity contribution is -0.296. The lowest BCUT2D eigenvalue weighted by Crippen LogP contribution is -2.60. The Morgan fingerprint density at radius 2 is 1.82 bits per heavy atom. The Morgan fingerprint density at radius 1 is 1.12 bits per heavy atom. The van der Waals surface area contributed by atoms with Gasteiger partial charge in [-0.15, -0.1) is 0 Å². The Hall–Kier alpha value is -2.82. The van der Waals surface area contributed by atoms with Gasteiger partial charge in [-0.3, -0.25) is 0 Å². The van der Waals surface area contributed by atoms with Crippen LogP contribution in [0, 0.1) is 5.82 Å². The second kappa shape index (κ2) is 10.4. The summed E-state index contributed by atoms with van der Waals surface area (Å²) in [5.41, 5.74) is 1.19. The Balaban J connectivity index is 1.82. The van der Waals surface area contributed by atoms with Crippen molar-refractivity contribution >= 4 is 6.16 Å². The molecule has 0 saturated carbocycles. The van der Waals surface area contributed by atoms with E-state index in [1.54, 1.807) is 24.3 Å². The molecule has 1 fully saturated rings. The summed E-state index contributed by atoms with van der Waals surface area (Å²) in [6, 6.07) is 10.7. The monoisotopic (exact) mass is 470 g/mol. The molecule has 0 radical (unpaired) electrons. The van der Waals surface area contributed by atoms with E-state index in [9.17, 15) is 28.2 Å². The fourth-order valence-corrected chi connectivity index (χ4v) is 3.53. The summed E-state index contributed by atoms with van der Waals surface area (Å²) in [4.78, 5) is 11.4. The zero-order valence-electron chi connectivity index (χ0n) is 18.0. The average molecular weight is 470 g/mol. The van der Waals surface area contributed by atoms with Crippen molar-refractivity contribution in [1.29, 1.82) is 0 Å². The molecule has 0 aromatic heterocycles. The van der Waals surface area contributed by atoms with E-state index in [-0.39, 0.29) is 24.2 Å². The van der Waals surface area contributed by atoms with Gasteiger partial charge in [0.25, 0.3) is 0 Å². The highest BCUT2D eigenvalue weighted by Gasteiger charge is 2.58. The molecule has 7 nitrogen and oxygen atoms in total. The number of halogens is 3. The minimum atomic E-state index is -3.91. The van der Waals surface area contributed by atoms with Gasteiger partial charge in [-0.25, -0.2) is 18.0 Å². The minimum absolute atomic E-state index is 0.0166. The van der Waals surface area contributed by atoms with Crippen LogP contribution in [-0.2, 0) is 20.6 Å². The number of methoxy groups -OCH3 is 1. The van der Waals surface area contributed by atoms with Gasteiger partial charge in [0, 0.05) is 6.42 Å². The molecule has 33 heavy (non-hydrogen) atoms. The molecule has 2 N–H and O–H groups in total. The van der Waals surface area contributed by atoms with Gasteiger partial charge in [0.15, 0.2) is 6.10 Å². The first kappa shape index (κ1) is 24.8. The van der Waals surface area contributed by atoms with E-state index < -0.39 is 48.9 Å². The van der Waals surface area contributed by atoms with Crippen molar-refractivity contribution in [1.82, 2.24) is 0 Å². The number of hydrogen-bond acceptors (Lipinski definition) is 7. The molecular formula is C23H25F3O7. The molecular weight excluding hydrogens is 445 g/mol. The maximum absolute atomic E-state index is 14.5. The highest BCUT2D eigenvalue weighted by atomic mass is 19.3. The van der Waals surface area contributed by atoms with Gasteiger partial charge in [-0.2, -0.15) is 0 Å². The normalized spacial score (nSPS) is 24.2. The first-order chi connectivity index (χ1) is 15.7. The van der Waals surface area contributed by atoms with Crippen LogP contribution in [0.5, 0.6) is 5.75 Å². The quantitative estimate of drug-likeness (QED) is 0.599. The fraction of sp³-hybridized carbons (Fsp3) is 0.435. The van der Waals surface area contributed by atoms with Gasteiger partial charge >= 0.3 is 12.1 Å². The molecule has 3 rings (SSSR count). The van der Waals surface area contributed by atoms with Crippen LogP contribution in [0.15, 0.2) is 42.5 Å². The van der Waals surface area contributed by atoms with Crippen LogP contribution in [0.4, 0.5) is 18.0 Å². The molecule has 1 aliphatic rings. The number of rotatable bonds is 7. The van der Waals surface area contributed by atoms with E-state index in [4.69, 9.17) is 9.47 Å². The number of carbonyl (C=O) groups excluding carboxylic acids is 1. The second-order valence-corrected chi connectivity index (χ2v) is 7.53. The Labute approximate surface area is 188 Å². The first-order valence-corrected chi connectivity index (χ1v) is 10.3. The number of hydrogen-bond donors (Lipinski definition) is 2. The van der Waals surface area contributed by atoms with Crippen molar-refractivity contribution in [2.24, 2.45) is 0 Å². The third-order valence-electron chi connectivity index (χ3n) is 5.33. The third-order valence-corrected chi connectivity index (χ3v) is 5.33. The topological polar surface area (TPSA) is 94.5 Å². The van der Waals surface area contributed by atoms with Crippen molar-refractivity contribution in [3.05, 3.63) is 65.0 Å². The predicted octanol–water partition coefficient (Wildman–Crippen LogP) is 3.40. The zero-order chi connectivity index (χ0) is 24.2. The summed E-state index contributed by atoms with van der Waals surface area (Å²) in [5, 5.41) is 20.4. The van der Waals surface area contributed by atoms with Crippen molar-refractivity contribution in [2.45, 2.75) is 43.7 Å². The number of alkyl halides is 2. The van der Waals surface area contributed by atoms with Crippen molar-refractivity contribution in [2.75, 3.05) is 20.3 Å². The average Bonchev–Trinajstić information content (AvgIpc) is 2.79. The number of benzene rings is 2. The highest BCUT2D eigenvalue weighted by molar-refractivity contribution is 5.59. The largest absolute Gasteiger partial charge is 0.508 e. The minimum Gasteiger partial charge on any atom is -0.497 e. The smallest absolute Gasteiger partial charge is 0.497 e. The summed E-state index contributed by atoms with van der Waals surface area (Å²) in [7, 11) is 1.52. The zero-order valence-corrected chi connectivity index (χ0v) is 18.0. The van der Waals surface area contributed by atoms with Gasteiger partial charge in [-0.05, 0) is 47.9 Å². The molecule has 1 aliphatic heterocycles. The lowest BCUT2D eigenvalue weighted by atomic mass is 9.89. The van der Waals surface area contributed by atoms with Gasteiger partial charge in [-0.1, -0.05) is 18.2 Å². The van der Waals surface area contributed by atoms with E-state index in [1.165, 1.54) is 26.2 Å². The number of ether oxygens (including phenoxy) is 4. The molecule has 0 spiro atoms. The van der Waals surface area contributed by atoms with Crippen LogP contribution < -0.4 is 4.74 Å². The Bertz CT molecular complexity index is 952. The number of carbonyl (C=O) groups is 1. The molecule has 1 saturated heterocycles. The van der Waals surface area contributed by atoms with Crippen LogP contribution in [0.25, 0.3) is 0 Å². The van der Waals surface area contributed by atoms with Crippen LogP contribution in [0.1, 0.15) is 29.7 Å². The van der Waals surface area contributed by atoms with E-state index in [1.807, 2.05) is 0 Å². The fourth-order valence-electron chi connectivity index (χ4n) is 3.53. The van der Waals surface area contributed by atoms with Gasteiger partial charge < -0.3 is 29.2 Å². The summed E-state index contributed by atoms with van der Waals surface area (Å²) < 4.78 is 63.1. The van der Waals surface area contributed by atoms with Crippen LogP contribution in [0.2, 0.25) is 0 Å². The third kappa shape index (κ3) is 5.58. The first-order valence-electron chi connectivity index (χ1n) is 10.3. The summed E-state index contributed by atoms with van der Waals surface area (Å²) in [6.07, 6.45) is -8.95. The lowest BCUT2D eigenvalue weighted by Gasteiger charge is -2.42. The van der Waals surface area contributed by atoms with Crippen molar-refractivity contribution in [3.8, 4) is 5.75 Å². The van der Waals surface area contributed by atoms with Gasteiger partial charge in [0.05, 0.1) is 13.7 Å². The molecule has 0 bridgehead atoms. The molecule has 2 aromatic rings. The SMILES string of the molecule is CCOC(=O)OCC1OC(c2ccc(F)c(Cc3ccc(OC)cc3)c2)C(O)C(O)C1(F)F. The number of aliphatic hydroxyl groups is 2. The van der Waals surface area contributed by atoms with E-state index in [2.05, 4.69) is 9.47 Å². The van der Waals surface area contributed by atoms with Crippen LogP contribution >= 0.6 is 0 Å². The standard InChI is InChI=1S/C23H25F3O7/c1-3-31-22(29)32-12-18-23(25,26)21(28)19(27)20(33-18)14-6-9-17(24)15(11-14)10-13-4-7-16(30-2)8-5-13/h4-9,11,18-21,27-28H,3,10,12H2,1-2H3. The number of aliphatic hydroxyl groups excluding tert-OH is 2. The van der Waals surface area contributed by atoms with Crippen molar-refractivity contribution in [3.63, 3.8) is 0 Å². The van der Waals surface area contributed by atoms with Crippen molar-refractivity contribution < 1.29 is 47.1 Å². The van der Waals surface area contributed by atoms with E-state index in [0.717, 1.165) is 11.6 Å². The van der Waals surface area contributed by atoms with E-state index in [0.29, 0.717) is 5.75 Å². The molecule has 4 atom stereocenters. The molecule has 0 aliphatic carbocycles.